The van der Waals surface area contributed by atoms with E-state index in [4.69, 9.17) is 9.47 Å². The molecule has 0 radical (unpaired) electrons. The SMILES string of the molecule is CCCOc1ccc(CNN2CCN(C)CC2)cc1OC. The third-order valence-electron chi connectivity index (χ3n) is 3.70. The number of nitrogens with one attached hydrogen (secondary N) is 1. The van der Waals surface area contributed by atoms with Crippen LogP contribution in [0.25, 0.3) is 0 Å². The molecule has 5 heteroatoms. The Balaban J connectivity index is 1.88. The van der Waals surface area contributed by atoms with Gasteiger partial charge in [-0.2, -0.15) is 0 Å². The number of nitrogens with zero attached hydrogens (tertiary/aromatic N) is 2. The van der Waals surface area contributed by atoms with Crippen molar-refractivity contribution in [3.63, 3.8) is 0 Å². The molecular weight excluding hydrogens is 266 g/mol. The van der Waals surface area contributed by atoms with Crippen LogP contribution < -0.4 is 14.9 Å². The second-order valence-corrected chi connectivity index (χ2v) is 5.46. The summed E-state index contributed by atoms with van der Waals surface area (Å²) in [6, 6.07) is 6.14. The average molecular weight is 293 g/mol. The summed E-state index contributed by atoms with van der Waals surface area (Å²) >= 11 is 0. The van der Waals surface area contributed by atoms with E-state index in [1.165, 1.54) is 5.56 Å². The van der Waals surface area contributed by atoms with Gasteiger partial charge in [0, 0.05) is 32.7 Å². The summed E-state index contributed by atoms with van der Waals surface area (Å²) in [4.78, 5) is 2.35. The highest BCUT2D eigenvalue weighted by atomic mass is 16.5. The molecule has 5 nitrogen and oxygen atoms in total. The van der Waals surface area contributed by atoms with E-state index in [1.54, 1.807) is 7.11 Å². The predicted molar refractivity (Wildman–Crippen MR) is 84.7 cm³/mol. The zero-order chi connectivity index (χ0) is 15.1. The molecule has 1 fully saturated rings. The van der Waals surface area contributed by atoms with Gasteiger partial charge in [0.05, 0.1) is 13.7 Å². The van der Waals surface area contributed by atoms with Gasteiger partial charge >= 0.3 is 0 Å². The van der Waals surface area contributed by atoms with Crippen molar-refractivity contribution in [2.45, 2.75) is 19.9 Å². The molecule has 21 heavy (non-hydrogen) atoms. The van der Waals surface area contributed by atoms with Crippen LogP contribution in [0.5, 0.6) is 11.5 Å². The van der Waals surface area contributed by atoms with Crippen molar-refractivity contribution in [2.75, 3.05) is 46.9 Å². The summed E-state index contributed by atoms with van der Waals surface area (Å²) in [6.07, 6.45) is 0.996. The van der Waals surface area contributed by atoms with E-state index in [-0.39, 0.29) is 0 Å². The molecule has 1 N–H and O–H groups in total. The maximum atomic E-state index is 5.68. The number of hydrazine groups is 1. The summed E-state index contributed by atoms with van der Waals surface area (Å²) in [7, 11) is 3.85. The van der Waals surface area contributed by atoms with Crippen LogP contribution in [-0.4, -0.2) is 56.9 Å². The lowest BCUT2D eigenvalue weighted by molar-refractivity contribution is 0.102. The normalized spacial score (nSPS) is 16.9. The van der Waals surface area contributed by atoms with E-state index in [9.17, 15) is 0 Å². The Morgan fingerprint density at radius 2 is 1.90 bits per heavy atom. The first-order valence-electron chi connectivity index (χ1n) is 7.69. The molecule has 0 saturated carbocycles. The van der Waals surface area contributed by atoms with Gasteiger partial charge in [-0.1, -0.05) is 13.0 Å². The molecule has 1 aliphatic rings. The van der Waals surface area contributed by atoms with Gasteiger partial charge in [-0.15, -0.1) is 0 Å². The molecule has 118 valence electrons. The first kappa shape index (κ1) is 16.1. The fourth-order valence-corrected chi connectivity index (χ4v) is 2.32. The van der Waals surface area contributed by atoms with E-state index < -0.39 is 0 Å². The molecule has 0 amide bonds. The molecule has 1 aromatic carbocycles. The summed E-state index contributed by atoms with van der Waals surface area (Å²) < 4.78 is 11.1. The van der Waals surface area contributed by atoms with Crippen molar-refractivity contribution >= 4 is 0 Å². The Morgan fingerprint density at radius 3 is 2.57 bits per heavy atom. The van der Waals surface area contributed by atoms with Gasteiger partial charge in [-0.05, 0) is 31.2 Å². The van der Waals surface area contributed by atoms with Gasteiger partial charge in [0.1, 0.15) is 0 Å². The minimum atomic E-state index is 0.718. The van der Waals surface area contributed by atoms with Gasteiger partial charge < -0.3 is 14.4 Å². The van der Waals surface area contributed by atoms with Gasteiger partial charge in [0.15, 0.2) is 11.5 Å². The maximum absolute atomic E-state index is 5.68. The first-order valence-corrected chi connectivity index (χ1v) is 7.69. The van der Waals surface area contributed by atoms with E-state index in [1.807, 2.05) is 12.1 Å². The van der Waals surface area contributed by atoms with Gasteiger partial charge in [0.25, 0.3) is 0 Å². The molecule has 0 spiro atoms. The number of methoxy groups -OCH3 is 1. The summed E-state index contributed by atoms with van der Waals surface area (Å²) in [5.74, 6) is 1.63. The molecule has 0 bridgehead atoms. The fourth-order valence-electron chi connectivity index (χ4n) is 2.32. The monoisotopic (exact) mass is 293 g/mol. The number of piperazine rings is 1. The highest BCUT2D eigenvalue weighted by Gasteiger charge is 2.13. The Labute approximate surface area is 127 Å². The number of hydrogen-bond donors (Lipinski definition) is 1. The second kappa shape index (κ2) is 8.22. The van der Waals surface area contributed by atoms with Gasteiger partial charge in [0.2, 0.25) is 0 Å². The molecule has 1 aliphatic heterocycles. The van der Waals surface area contributed by atoms with Crippen LogP contribution >= 0.6 is 0 Å². The smallest absolute Gasteiger partial charge is 0.161 e. The van der Waals surface area contributed by atoms with Crippen molar-refractivity contribution in [3.8, 4) is 11.5 Å². The first-order chi connectivity index (χ1) is 10.2. The van der Waals surface area contributed by atoms with Crippen LogP contribution in [0.15, 0.2) is 18.2 Å². The van der Waals surface area contributed by atoms with Crippen molar-refractivity contribution in [1.29, 1.82) is 0 Å². The highest BCUT2D eigenvalue weighted by molar-refractivity contribution is 5.42. The summed E-state index contributed by atoms with van der Waals surface area (Å²) in [6.45, 7) is 7.97. The third kappa shape index (κ3) is 4.88. The number of benzene rings is 1. The van der Waals surface area contributed by atoms with Gasteiger partial charge in [-0.3, -0.25) is 5.43 Å². The predicted octanol–water partition coefficient (Wildman–Crippen LogP) is 1.74. The van der Waals surface area contributed by atoms with Crippen molar-refractivity contribution < 1.29 is 9.47 Å². The molecular formula is C16H27N3O2. The van der Waals surface area contributed by atoms with Crippen molar-refractivity contribution in [2.24, 2.45) is 0 Å². The van der Waals surface area contributed by atoms with Crippen LogP contribution in [0.1, 0.15) is 18.9 Å². The molecule has 1 heterocycles. The quantitative estimate of drug-likeness (QED) is 0.829. The largest absolute Gasteiger partial charge is 0.493 e. The Kier molecular flexibility index (Phi) is 6.29. The number of likely N-dealkylation sites (N-methyl/N-ethyl adjacent to an activating group) is 1. The third-order valence-corrected chi connectivity index (χ3v) is 3.70. The number of rotatable bonds is 7. The molecule has 0 unspecified atom stereocenters. The van der Waals surface area contributed by atoms with E-state index in [2.05, 4.69) is 35.4 Å². The molecule has 0 aromatic heterocycles. The molecule has 1 aromatic rings. The van der Waals surface area contributed by atoms with Crippen LogP contribution in [0.2, 0.25) is 0 Å². The van der Waals surface area contributed by atoms with Crippen LogP contribution in [0, 0.1) is 0 Å². The number of ether oxygens (including phenoxy) is 2. The highest BCUT2D eigenvalue weighted by Crippen LogP contribution is 2.28. The van der Waals surface area contributed by atoms with Crippen LogP contribution in [-0.2, 0) is 6.54 Å². The lowest BCUT2D eigenvalue weighted by Gasteiger charge is -2.32. The second-order valence-electron chi connectivity index (χ2n) is 5.46. The van der Waals surface area contributed by atoms with Gasteiger partial charge in [-0.25, -0.2) is 5.01 Å². The molecule has 1 saturated heterocycles. The Morgan fingerprint density at radius 1 is 1.14 bits per heavy atom. The maximum Gasteiger partial charge on any atom is 0.161 e. The fraction of sp³-hybridized carbons (Fsp3) is 0.625. The number of hydrogen-bond acceptors (Lipinski definition) is 5. The van der Waals surface area contributed by atoms with Crippen LogP contribution in [0.3, 0.4) is 0 Å². The topological polar surface area (TPSA) is 37.0 Å². The van der Waals surface area contributed by atoms with Crippen molar-refractivity contribution in [1.82, 2.24) is 15.3 Å². The minimum absolute atomic E-state index is 0.718. The summed E-state index contributed by atoms with van der Waals surface area (Å²) in [5.41, 5.74) is 4.69. The zero-order valence-corrected chi connectivity index (χ0v) is 13.4. The minimum Gasteiger partial charge on any atom is -0.493 e. The van der Waals surface area contributed by atoms with Crippen LogP contribution in [0.4, 0.5) is 0 Å². The molecule has 0 atom stereocenters. The lowest BCUT2D eigenvalue weighted by Crippen LogP contribution is -2.50. The molecule has 0 aliphatic carbocycles. The average Bonchev–Trinajstić information content (AvgIpc) is 2.52. The van der Waals surface area contributed by atoms with E-state index >= 15 is 0 Å². The van der Waals surface area contributed by atoms with E-state index in [0.29, 0.717) is 0 Å². The zero-order valence-electron chi connectivity index (χ0n) is 13.4. The van der Waals surface area contributed by atoms with E-state index in [0.717, 1.165) is 57.3 Å². The molecule has 2 rings (SSSR count). The van der Waals surface area contributed by atoms with Crippen molar-refractivity contribution in [3.05, 3.63) is 23.8 Å². The lowest BCUT2D eigenvalue weighted by atomic mass is 10.2. The standard InChI is InChI=1S/C16H27N3O2/c1-4-11-21-15-6-5-14(12-16(15)20-3)13-17-19-9-7-18(2)8-10-19/h5-6,12,17H,4,7-11,13H2,1-3H3. The summed E-state index contributed by atoms with van der Waals surface area (Å²) in [5, 5.41) is 2.29. The Bertz CT molecular complexity index is 432. The Hall–Kier alpha value is -1.30.